The lowest BCUT2D eigenvalue weighted by atomic mass is 9.95. The van der Waals surface area contributed by atoms with Crippen LogP contribution in [0.4, 0.5) is 5.69 Å². The first-order chi connectivity index (χ1) is 19.6. The molecule has 0 spiro atoms. The molecule has 0 saturated heterocycles. The Kier molecular flexibility index (Phi) is 10.1. The Morgan fingerprint density at radius 1 is 0.927 bits per heavy atom. The summed E-state index contributed by atoms with van der Waals surface area (Å²) in [6.07, 6.45) is 5.13. The number of benzene rings is 3. The number of hydrogen-bond donors (Lipinski definition) is 1. The molecule has 3 aromatic carbocycles. The van der Waals surface area contributed by atoms with Crippen LogP contribution in [0.5, 0.6) is 0 Å². The molecule has 1 atom stereocenters. The molecule has 0 bridgehead atoms. The third-order valence-electron chi connectivity index (χ3n) is 7.77. The Hall–Kier alpha value is -3.36. The van der Waals surface area contributed by atoms with Crippen molar-refractivity contribution in [1.82, 2.24) is 10.2 Å². The number of halogens is 1. The number of amides is 2. The van der Waals surface area contributed by atoms with Crippen LogP contribution in [0.25, 0.3) is 0 Å². The van der Waals surface area contributed by atoms with Crippen molar-refractivity contribution in [3.05, 3.63) is 94.5 Å². The van der Waals surface area contributed by atoms with E-state index in [2.05, 4.69) is 5.32 Å². The van der Waals surface area contributed by atoms with Gasteiger partial charge in [-0.05, 0) is 74.6 Å². The van der Waals surface area contributed by atoms with E-state index in [-0.39, 0.29) is 23.4 Å². The topological polar surface area (TPSA) is 86.8 Å². The van der Waals surface area contributed by atoms with Crippen molar-refractivity contribution in [2.24, 2.45) is 0 Å². The minimum absolute atomic E-state index is 0.0562. The molecular weight excluding hydrogens is 558 g/mol. The summed E-state index contributed by atoms with van der Waals surface area (Å²) in [7, 11) is -4.14. The molecule has 4 rings (SSSR count). The molecular formula is C32H38ClN3O4S. The van der Waals surface area contributed by atoms with E-state index < -0.39 is 28.5 Å². The van der Waals surface area contributed by atoms with Gasteiger partial charge in [-0.15, -0.1) is 0 Å². The highest BCUT2D eigenvalue weighted by molar-refractivity contribution is 7.92. The lowest BCUT2D eigenvalue weighted by molar-refractivity contribution is -0.139. The fraction of sp³-hybridized carbons (Fsp3) is 0.375. The van der Waals surface area contributed by atoms with Crippen molar-refractivity contribution in [3.63, 3.8) is 0 Å². The van der Waals surface area contributed by atoms with Crippen molar-refractivity contribution in [1.29, 1.82) is 0 Å². The van der Waals surface area contributed by atoms with Gasteiger partial charge in [0.1, 0.15) is 12.6 Å². The molecule has 0 aromatic heterocycles. The summed E-state index contributed by atoms with van der Waals surface area (Å²) in [5, 5.41) is 3.48. The first kappa shape index (κ1) is 30.6. The molecule has 1 aliphatic rings. The lowest BCUT2D eigenvalue weighted by Crippen LogP contribution is -2.53. The number of rotatable bonds is 10. The molecule has 41 heavy (non-hydrogen) atoms. The van der Waals surface area contributed by atoms with Crippen molar-refractivity contribution in [2.45, 2.75) is 76.4 Å². The van der Waals surface area contributed by atoms with E-state index >= 15 is 0 Å². The Bertz CT molecular complexity index is 1470. The highest BCUT2D eigenvalue weighted by Gasteiger charge is 2.34. The zero-order valence-electron chi connectivity index (χ0n) is 23.8. The van der Waals surface area contributed by atoms with Crippen LogP contribution in [0.2, 0.25) is 5.02 Å². The van der Waals surface area contributed by atoms with E-state index in [9.17, 15) is 18.0 Å². The molecule has 7 nitrogen and oxygen atoms in total. The number of carbonyl (C=O) groups excluding carboxylic acids is 2. The number of hydrogen-bond acceptors (Lipinski definition) is 4. The molecule has 1 fully saturated rings. The predicted molar refractivity (Wildman–Crippen MR) is 163 cm³/mol. The smallest absolute Gasteiger partial charge is 0.264 e. The minimum atomic E-state index is -4.14. The molecule has 2 amide bonds. The first-order valence-corrected chi connectivity index (χ1v) is 15.9. The quantitative estimate of drug-likeness (QED) is 0.311. The highest BCUT2D eigenvalue weighted by Crippen LogP contribution is 2.30. The number of aryl methyl sites for hydroxylation is 2. The molecule has 3 aromatic rings. The normalized spacial score (nSPS) is 14.7. The number of carbonyl (C=O) groups is 2. The van der Waals surface area contributed by atoms with E-state index in [0.29, 0.717) is 16.3 Å². The maximum Gasteiger partial charge on any atom is 0.264 e. The Balaban J connectivity index is 1.71. The molecule has 0 heterocycles. The molecule has 1 N–H and O–H groups in total. The minimum Gasteiger partial charge on any atom is -0.352 e. The van der Waals surface area contributed by atoms with Crippen LogP contribution in [0.1, 0.15) is 55.7 Å². The Labute approximate surface area is 248 Å². The molecule has 1 unspecified atom stereocenters. The number of nitrogens with one attached hydrogen (secondary N) is 1. The summed E-state index contributed by atoms with van der Waals surface area (Å²) in [5.74, 6) is -0.728. The monoisotopic (exact) mass is 595 g/mol. The van der Waals surface area contributed by atoms with Gasteiger partial charge in [0.05, 0.1) is 10.6 Å². The number of nitrogens with zero attached hydrogens (tertiary/aromatic N) is 2. The maximum atomic E-state index is 14.2. The third-order valence-corrected chi connectivity index (χ3v) is 9.78. The summed E-state index contributed by atoms with van der Waals surface area (Å²) in [6, 6.07) is 19.9. The van der Waals surface area contributed by atoms with Crippen LogP contribution >= 0.6 is 11.6 Å². The largest absolute Gasteiger partial charge is 0.352 e. The number of anilines is 1. The summed E-state index contributed by atoms with van der Waals surface area (Å²) < 4.78 is 29.0. The fourth-order valence-electron chi connectivity index (χ4n) is 5.21. The summed E-state index contributed by atoms with van der Waals surface area (Å²) >= 11 is 6.30. The van der Waals surface area contributed by atoms with Gasteiger partial charge in [0.15, 0.2) is 0 Å². The summed E-state index contributed by atoms with van der Waals surface area (Å²) in [4.78, 5) is 29.1. The summed E-state index contributed by atoms with van der Waals surface area (Å²) in [6.45, 7) is 5.10. The van der Waals surface area contributed by atoms with Gasteiger partial charge in [0, 0.05) is 17.6 Å². The molecule has 9 heteroatoms. The van der Waals surface area contributed by atoms with Gasteiger partial charge in [-0.3, -0.25) is 13.9 Å². The van der Waals surface area contributed by atoms with Crippen LogP contribution in [-0.2, 0) is 26.2 Å². The van der Waals surface area contributed by atoms with Gasteiger partial charge >= 0.3 is 0 Å². The molecule has 1 aliphatic carbocycles. The van der Waals surface area contributed by atoms with Crippen molar-refractivity contribution >= 4 is 39.1 Å². The lowest BCUT2D eigenvalue weighted by Gasteiger charge is -2.34. The SMILES string of the molecule is Cc1ccccc1CN(C(=O)CN(c1cc(Cl)ccc1C)S(=O)(=O)c1ccccc1)C(C)C(=O)NC1CCCCC1. The number of sulfonamides is 1. The van der Waals surface area contributed by atoms with Crippen LogP contribution in [0.15, 0.2) is 77.7 Å². The molecule has 0 radical (unpaired) electrons. The van der Waals surface area contributed by atoms with Gasteiger partial charge < -0.3 is 10.2 Å². The van der Waals surface area contributed by atoms with Gasteiger partial charge in [0.2, 0.25) is 11.8 Å². The van der Waals surface area contributed by atoms with Gasteiger partial charge in [-0.1, -0.05) is 79.4 Å². The van der Waals surface area contributed by atoms with Crippen LogP contribution in [0.3, 0.4) is 0 Å². The average molecular weight is 596 g/mol. The molecule has 218 valence electrons. The second-order valence-electron chi connectivity index (χ2n) is 10.7. The average Bonchev–Trinajstić information content (AvgIpc) is 2.97. The maximum absolute atomic E-state index is 14.2. The van der Waals surface area contributed by atoms with E-state index in [4.69, 9.17) is 11.6 Å². The van der Waals surface area contributed by atoms with Crippen molar-refractivity contribution < 1.29 is 18.0 Å². The standard InChI is InChI=1S/C32H38ClN3O4S/c1-23-12-10-11-13-26(23)21-35(25(3)32(38)34-28-14-6-4-7-15-28)31(37)22-36(30-20-27(33)19-18-24(30)2)41(39,40)29-16-8-5-9-17-29/h5,8-13,16-20,25,28H,4,6-7,14-15,21-22H2,1-3H3,(H,34,38). The zero-order chi connectivity index (χ0) is 29.6. The van der Waals surface area contributed by atoms with Gasteiger partial charge in [-0.25, -0.2) is 8.42 Å². The third kappa shape index (κ3) is 7.49. The van der Waals surface area contributed by atoms with E-state index in [0.717, 1.165) is 47.5 Å². The second-order valence-corrected chi connectivity index (χ2v) is 13.0. The summed E-state index contributed by atoms with van der Waals surface area (Å²) in [5.41, 5.74) is 2.82. The highest BCUT2D eigenvalue weighted by atomic mass is 35.5. The predicted octanol–water partition coefficient (Wildman–Crippen LogP) is 6.02. The first-order valence-electron chi connectivity index (χ1n) is 14.1. The Morgan fingerprint density at radius 3 is 2.27 bits per heavy atom. The van der Waals surface area contributed by atoms with E-state index in [1.54, 1.807) is 50.2 Å². The van der Waals surface area contributed by atoms with E-state index in [1.807, 2.05) is 31.2 Å². The molecule has 1 saturated carbocycles. The van der Waals surface area contributed by atoms with Crippen LogP contribution in [-0.4, -0.2) is 43.8 Å². The second kappa shape index (κ2) is 13.5. The zero-order valence-corrected chi connectivity index (χ0v) is 25.4. The molecule has 0 aliphatic heterocycles. The van der Waals surface area contributed by atoms with E-state index in [1.165, 1.54) is 17.0 Å². The fourth-order valence-corrected chi connectivity index (χ4v) is 6.86. The Morgan fingerprint density at radius 2 is 1.59 bits per heavy atom. The van der Waals surface area contributed by atoms with Crippen molar-refractivity contribution in [3.8, 4) is 0 Å². The van der Waals surface area contributed by atoms with Crippen molar-refractivity contribution in [2.75, 3.05) is 10.8 Å². The van der Waals surface area contributed by atoms with Gasteiger partial charge in [0.25, 0.3) is 10.0 Å². The van der Waals surface area contributed by atoms with Crippen LogP contribution in [0, 0.1) is 13.8 Å². The van der Waals surface area contributed by atoms with Gasteiger partial charge in [-0.2, -0.15) is 0 Å². The van der Waals surface area contributed by atoms with Crippen LogP contribution < -0.4 is 9.62 Å².